The van der Waals surface area contributed by atoms with Gasteiger partial charge in [-0.2, -0.15) is 0 Å². The van der Waals surface area contributed by atoms with E-state index in [1.54, 1.807) is 0 Å². The maximum Gasteiger partial charge on any atom is 0.159 e. The fourth-order valence-corrected chi connectivity index (χ4v) is 14.5. The highest BCUT2D eigenvalue weighted by Gasteiger charge is 2.25. The van der Waals surface area contributed by atoms with Crippen LogP contribution in [0.5, 0.6) is 0 Å². The zero-order chi connectivity index (χ0) is 57.6. The third-order valence-electron chi connectivity index (χ3n) is 18.5. The summed E-state index contributed by atoms with van der Waals surface area (Å²) in [6.45, 7) is 0. The van der Waals surface area contributed by atoms with E-state index >= 15 is 0 Å². The monoisotopic (exact) mass is 1120 g/mol. The normalized spacial score (nSPS) is 12.1. The van der Waals surface area contributed by atoms with Crippen molar-refractivity contribution in [2.45, 2.75) is 0 Å². The lowest BCUT2D eigenvalue weighted by Gasteiger charge is -2.28. The molecule has 19 rings (SSSR count). The number of fused-ring (bicyclic) bond motifs is 19. The van der Waals surface area contributed by atoms with E-state index < -0.39 is 0 Å². The van der Waals surface area contributed by atoms with Crippen LogP contribution < -0.4 is 4.90 Å². The second kappa shape index (κ2) is 18.9. The summed E-state index contributed by atoms with van der Waals surface area (Å²) < 4.78 is 16.1. The van der Waals surface area contributed by atoms with Crippen LogP contribution in [0.4, 0.5) is 17.1 Å². The summed E-state index contributed by atoms with van der Waals surface area (Å²) >= 11 is 0. The number of furan rings is 2. The maximum absolute atomic E-state index is 6.92. The van der Waals surface area contributed by atoms with Crippen molar-refractivity contribution in [3.8, 4) is 39.2 Å². The molecule has 5 heteroatoms. The molecule has 0 bridgehead atoms. The van der Waals surface area contributed by atoms with Crippen LogP contribution in [-0.2, 0) is 0 Å². The second-order valence-corrected chi connectivity index (χ2v) is 23.3. The van der Waals surface area contributed by atoms with E-state index in [9.17, 15) is 0 Å². The summed E-state index contributed by atoms with van der Waals surface area (Å²) in [7, 11) is 0. The number of hydrogen-bond donors (Lipinski definition) is 0. The molecule has 0 radical (unpaired) electrons. The molecule has 408 valence electrons. The molecule has 88 heavy (non-hydrogen) atoms. The van der Waals surface area contributed by atoms with E-state index in [1.165, 1.54) is 43.3 Å². The van der Waals surface area contributed by atoms with E-state index in [1.807, 2.05) is 12.3 Å². The van der Waals surface area contributed by atoms with Crippen LogP contribution in [-0.4, -0.2) is 9.55 Å². The van der Waals surface area contributed by atoms with Crippen LogP contribution in [0.15, 0.2) is 306 Å². The minimum Gasteiger partial charge on any atom is -0.456 e. The summed E-state index contributed by atoms with van der Waals surface area (Å²) in [6.07, 6.45) is 1.94. The highest BCUT2D eigenvalue weighted by atomic mass is 16.3. The Morgan fingerprint density at radius 1 is 0.284 bits per heavy atom. The van der Waals surface area contributed by atoms with Crippen LogP contribution in [0.3, 0.4) is 0 Å². The number of aromatic nitrogens is 2. The molecular weight excluding hydrogens is 1070 g/mol. The molecular formula is C83H49N3O2. The van der Waals surface area contributed by atoms with Gasteiger partial charge in [0.15, 0.2) is 5.58 Å². The van der Waals surface area contributed by atoms with Crippen molar-refractivity contribution >= 4 is 147 Å². The van der Waals surface area contributed by atoms with Crippen LogP contribution in [0.2, 0.25) is 0 Å². The van der Waals surface area contributed by atoms with Gasteiger partial charge in [-0.1, -0.05) is 200 Å². The number of nitrogens with zero attached hydrogens (tertiary/aromatic N) is 3. The Morgan fingerprint density at radius 2 is 0.909 bits per heavy atom. The molecule has 0 amide bonds. The van der Waals surface area contributed by atoms with Crippen molar-refractivity contribution in [3.05, 3.63) is 297 Å². The average Bonchev–Trinajstić information content (AvgIpc) is 1.74. The minimum absolute atomic E-state index is 0.840. The van der Waals surface area contributed by atoms with Gasteiger partial charge in [0.1, 0.15) is 22.6 Å². The SMILES string of the molecule is c1ccc(-c2ccc(N(c3ccc4cc5cc(-c6ccc7c8c9c(ccc8n(-c8nccc%10ccccc8%10)c7c6)oc6cc7c8ccccc8c8ccccc8c7cc69)ccc5cc4c3)c3cccc4c3oc3ccccc34)c(-c3ccccc3)c2)cc1. The van der Waals surface area contributed by atoms with Crippen molar-refractivity contribution in [2.75, 3.05) is 4.90 Å². The zero-order valence-corrected chi connectivity index (χ0v) is 47.4. The molecule has 0 saturated carbocycles. The van der Waals surface area contributed by atoms with Crippen LogP contribution in [0, 0.1) is 0 Å². The van der Waals surface area contributed by atoms with Crippen molar-refractivity contribution < 1.29 is 8.83 Å². The summed E-state index contributed by atoms with van der Waals surface area (Å²) in [4.78, 5) is 7.59. The number of hydrogen-bond acceptors (Lipinski definition) is 4. The van der Waals surface area contributed by atoms with Gasteiger partial charge in [0, 0.05) is 55.2 Å². The molecule has 4 heterocycles. The third kappa shape index (κ3) is 7.31. The van der Waals surface area contributed by atoms with Gasteiger partial charge in [0.05, 0.1) is 22.4 Å². The first-order chi connectivity index (χ1) is 43.6. The number of para-hydroxylation sites is 2. The molecule has 0 atom stereocenters. The molecule has 0 spiro atoms. The lowest BCUT2D eigenvalue weighted by molar-refractivity contribution is 0.669. The first-order valence-electron chi connectivity index (χ1n) is 30.1. The molecule has 19 aromatic rings. The van der Waals surface area contributed by atoms with Gasteiger partial charge >= 0.3 is 0 Å². The predicted molar refractivity (Wildman–Crippen MR) is 369 cm³/mol. The molecule has 0 aliphatic heterocycles. The lowest BCUT2D eigenvalue weighted by Crippen LogP contribution is -2.11. The number of anilines is 3. The third-order valence-corrected chi connectivity index (χ3v) is 18.5. The molecule has 0 fully saturated rings. The summed E-state index contributed by atoms with van der Waals surface area (Å²) in [6, 6.07) is 106. The molecule has 0 N–H and O–H groups in total. The van der Waals surface area contributed by atoms with Gasteiger partial charge < -0.3 is 13.7 Å². The van der Waals surface area contributed by atoms with E-state index in [0.717, 1.165) is 143 Å². The van der Waals surface area contributed by atoms with Gasteiger partial charge in [-0.05, 0) is 178 Å². The minimum atomic E-state index is 0.840. The van der Waals surface area contributed by atoms with E-state index in [4.69, 9.17) is 13.8 Å². The van der Waals surface area contributed by atoms with E-state index in [2.05, 4.69) is 295 Å². The van der Waals surface area contributed by atoms with Crippen molar-refractivity contribution in [3.63, 3.8) is 0 Å². The van der Waals surface area contributed by atoms with Crippen molar-refractivity contribution in [1.29, 1.82) is 0 Å². The molecule has 0 saturated heterocycles. The van der Waals surface area contributed by atoms with Crippen LogP contribution >= 0.6 is 0 Å². The Hall–Kier alpha value is -11.8. The Kier molecular flexibility index (Phi) is 10.4. The number of pyridine rings is 1. The quantitative estimate of drug-likeness (QED) is 0.118. The lowest BCUT2D eigenvalue weighted by atomic mass is 9.93. The topological polar surface area (TPSA) is 47.3 Å². The Bertz CT molecular complexity index is 6130. The predicted octanol–water partition coefficient (Wildman–Crippen LogP) is 23.4. The molecule has 5 nitrogen and oxygen atoms in total. The van der Waals surface area contributed by atoms with Gasteiger partial charge in [0.2, 0.25) is 0 Å². The average molecular weight is 1120 g/mol. The number of benzene rings is 15. The molecule has 0 aliphatic rings. The van der Waals surface area contributed by atoms with Crippen molar-refractivity contribution in [1.82, 2.24) is 9.55 Å². The maximum atomic E-state index is 6.92. The van der Waals surface area contributed by atoms with Crippen LogP contribution in [0.25, 0.3) is 170 Å². The zero-order valence-electron chi connectivity index (χ0n) is 47.4. The Labute approximate surface area is 504 Å². The second-order valence-electron chi connectivity index (χ2n) is 23.3. The summed E-state index contributed by atoms with van der Waals surface area (Å²) in [5, 5.41) is 20.9. The van der Waals surface area contributed by atoms with E-state index in [0.29, 0.717) is 0 Å². The first-order valence-corrected chi connectivity index (χ1v) is 30.1. The largest absolute Gasteiger partial charge is 0.456 e. The molecule has 0 unspecified atom stereocenters. The smallest absolute Gasteiger partial charge is 0.159 e. The standard InChI is InChI=1S/C83H49N3O2/c1-3-16-50(17-4-1)56-34-37-73(69(46-56)51-18-5-2-6-19-51)85(75-28-15-27-67-66-26-13-14-29-77(66)88-82(67)75)60-35-32-55-43-58-42-53(30-31-54(58)44-59(55)45-60)57-33-36-68-76(47-57)86(83-61-21-8-7-20-52(61)40-41-84-83)74-38-39-78-81(80(68)74)72-48-70-64-24-11-9-22-62(64)63-23-10-12-25-65(63)71(70)49-79(72)87-78/h1-49H. The molecule has 4 aromatic heterocycles. The highest BCUT2D eigenvalue weighted by molar-refractivity contribution is 6.32. The number of rotatable bonds is 7. The first kappa shape index (κ1) is 48.6. The molecule has 15 aromatic carbocycles. The highest BCUT2D eigenvalue weighted by Crippen LogP contribution is 2.49. The Balaban J connectivity index is 0.782. The van der Waals surface area contributed by atoms with Crippen molar-refractivity contribution in [2.24, 2.45) is 0 Å². The van der Waals surface area contributed by atoms with Gasteiger partial charge in [-0.3, -0.25) is 4.57 Å². The summed E-state index contributed by atoms with van der Waals surface area (Å²) in [5.74, 6) is 0.892. The van der Waals surface area contributed by atoms with Gasteiger partial charge in [0.25, 0.3) is 0 Å². The van der Waals surface area contributed by atoms with Gasteiger partial charge in [-0.25, -0.2) is 4.98 Å². The fraction of sp³-hybridized carbons (Fsp3) is 0. The van der Waals surface area contributed by atoms with E-state index in [-0.39, 0.29) is 0 Å². The van der Waals surface area contributed by atoms with Crippen LogP contribution in [0.1, 0.15) is 0 Å². The van der Waals surface area contributed by atoms with Gasteiger partial charge in [-0.15, -0.1) is 0 Å². The summed E-state index contributed by atoms with van der Waals surface area (Å²) in [5.41, 5.74) is 15.5. The Morgan fingerprint density at radius 3 is 1.70 bits per heavy atom. The fourth-order valence-electron chi connectivity index (χ4n) is 14.5. The molecule has 0 aliphatic carbocycles.